The predicted octanol–water partition coefficient (Wildman–Crippen LogP) is 3.72. The minimum absolute atomic E-state index is 0.0481. The van der Waals surface area contributed by atoms with Crippen LogP contribution in [-0.2, 0) is 15.9 Å². The molecule has 1 aromatic heterocycles. The SMILES string of the molecule is C=CCOC(=O)c1cc2c(cc1OCCCOC)CC(C(C)C)n1cc(C(=O)O)c(=O)cc1-2. The topological polar surface area (TPSA) is 104 Å². The molecule has 0 spiro atoms. The Morgan fingerprint density at radius 3 is 2.64 bits per heavy atom. The van der Waals surface area contributed by atoms with Gasteiger partial charge in [-0.05, 0) is 30.0 Å². The molecule has 1 aliphatic heterocycles. The molecule has 0 radical (unpaired) electrons. The van der Waals surface area contributed by atoms with E-state index in [1.54, 1.807) is 13.2 Å². The maximum Gasteiger partial charge on any atom is 0.342 e. The minimum atomic E-state index is -1.27. The van der Waals surface area contributed by atoms with E-state index in [9.17, 15) is 19.5 Å². The Labute approximate surface area is 192 Å². The average molecular weight is 456 g/mol. The summed E-state index contributed by atoms with van der Waals surface area (Å²) in [6.07, 6.45) is 4.13. The Bertz CT molecular complexity index is 1120. The van der Waals surface area contributed by atoms with Crippen LogP contribution in [0.4, 0.5) is 0 Å². The van der Waals surface area contributed by atoms with Gasteiger partial charge in [-0.15, -0.1) is 0 Å². The molecule has 1 N–H and O–H groups in total. The van der Waals surface area contributed by atoms with Gasteiger partial charge in [0.1, 0.15) is 23.5 Å². The number of methoxy groups -OCH3 is 1. The van der Waals surface area contributed by atoms with Crippen molar-refractivity contribution < 1.29 is 28.9 Å². The zero-order valence-electron chi connectivity index (χ0n) is 19.1. The van der Waals surface area contributed by atoms with Gasteiger partial charge >= 0.3 is 11.9 Å². The number of nitrogens with zero attached hydrogens (tertiary/aromatic N) is 1. The van der Waals surface area contributed by atoms with Crippen LogP contribution in [0.15, 0.2) is 41.8 Å². The first-order valence-corrected chi connectivity index (χ1v) is 10.8. The lowest BCUT2D eigenvalue weighted by atomic mass is 9.86. The van der Waals surface area contributed by atoms with Crippen LogP contribution in [-0.4, -0.2) is 48.5 Å². The standard InChI is InChI=1S/C25H29NO7/c1-5-7-33-25(30)18-12-17-16(11-23(18)32-9-6-8-31-4)10-20(15(2)3)26-14-19(24(28)29)22(27)13-21(17)26/h5,11-15,20H,1,6-10H2,2-4H3,(H,28,29). The van der Waals surface area contributed by atoms with Crippen LogP contribution in [0.2, 0.25) is 0 Å². The zero-order chi connectivity index (χ0) is 24.1. The Morgan fingerprint density at radius 2 is 2.00 bits per heavy atom. The van der Waals surface area contributed by atoms with E-state index in [0.29, 0.717) is 43.1 Å². The first kappa shape index (κ1) is 24.3. The highest BCUT2D eigenvalue weighted by atomic mass is 16.5. The molecule has 2 aromatic rings. The highest BCUT2D eigenvalue weighted by Crippen LogP contribution is 2.40. The number of aromatic nitrogens is 1. The second-order valence-electron chi connectivity index (χ2n) is 8.25. The third-order valence-electron chi connectivity index (χ3n) is 5.65. The molecule has 2 heterocycles. The number of carboxylic acids is 1. The van der Waals surface area contributed by atoms with E-state index in [1.807, 2.05) is 24.5 Å². The molecule has 33 heavy (non-hydrogen) atoms. The second kappa shape index (κ2) is 10.5. The number of rotatable bonds is 10. The number of hydrogen-bond donors (Lipinski definition) is 1. The van der Waals surface area contributed by atoms with Crippen molar-refractivity contribution >= 4 is 11.9 Å². The fourth-order valence-electron chi connectivity index (χ4n) is 3.99. The molecule has 0 amide bonds. The summed E-state index contributed by atoms with van der Waals surface area (Å²) in [4.78, 5) is 36.8. The van der Waals surface area contributed by atoms with Crippen molar-refractivity contribution in [1.29, 1.82) is 0 Å². The van der Waals surface area contributed by atoms with Gasteiger partial charge in [-0.1, -0.05) is 26.5 Å². The van der Waals surface area contributed by atoms with Gasteiger partial charge in [-0.25, -0.2) is 9.59 Å². The lowest BCUT2D eigenvalue weighted by molar-refractivity contribution is 0.0544. The maximum absolute atomic E-state index is 12.8. The zero-order valence-corrected chi connectivity index (χ0v) is 19.1. The van der Waals surface area contributed by atoms with E-state index >= 15 is 0 Å². The summed E-state index contributed by atoms with van der Waals surface area (Å²) < 4.78 is 18.1. The van der Waals surface area contributed by atoms with Gasteiger partial charge in [0.25, 0.3) is 0 Å². The third-order valence-corrected chi connectivity index (χ3v) is 5.65. The summed E-state index contributed by atoms with van der Waals surface area (Å²) in [5.41, 5.74) is 1.52. The highest BCUT2D eigenvalue weighted by Gasteiger charge is 2.30. The number of carbonyl (C=O) groups excluding carboxylic acids is 1. The molecule has 1 aliphatic rings. The molecule has 8 heteroatoms. The van der Waals surface area contributed by atoms with Crippen molar-refractivity contribution in [2.75, 3.05) is 26.9 Å². The van der Waals surface area contributed by atoms with Crippen LogP contribution < -0.4 is 10.2 Å². The first-order valence-electron chi connectivity index (χ1n) is 10.8. The minimum Gasteiger partial charge on any atom is -0.493 e. The molecule has 3 rings (SSSR count). The monoisotopic (exact) mass is 455 g/mol. The maximum atomic E-state index is 12.8. The van der Waals surface area contributed by atoms with Gasteiger partial charge in [0.05, 0.1) is 12.3 Å². The fraction of sp³-hybridized carbons (Fsp3) is 0.400. The normalized spacial score (nSPS) is 14.4. The van der Waals surface area contributed by atoms with Crippen molar-refractivity contribution in [3.8, 4) is 17.0 Å². The summed E-state index contributed by atoms with van der Waals surface area (Å²) in [5.74, 6) is -1.26. The van der Waals surface area contributed by atoms with Crippen LogP contribution in [0.3, 0.4) is 0 Å². The molecule has 1 aromatic carbocycles. The van der Waals surface area contributed by atoms with Gasteiger partial charge in [0, 0.05) is 44.0 Å². The van der Waals surface area contributed by atoms with Crippen LogP contribution >= 0.6 is 0 Å². The van der Waals surface area contributed by atoms with Crippen molar-refractivity contribution in [3.63, 3.8) is 0 Å². The van der Waals surface area contributed by atoms with Crippen molar-refractivity contribution in [2.24, 2.45) is 5.92 Å². The quantitative estimate of drug-likeness (QED) is 0.331. The van der Waals surface area contributed by atoms with Gasteiger partial charge in [0.15, 0.2) is 5.43 Å². The first-order chi connectivity index (χ1) is 15.8. The Kier molecular flexibility index (Phi) is 7.71. The van der Waals surface area contributed by atoms with E-state index < -0.39 is 17.4 Å². The summed E-state index contributed by atoms with van der Waals surface area (Å²) in [6, 6.07) is 4.75. The second-order valence-corrected chi connectivity index (χ2v) is 8.25. The highest BCUT2D eigenvalue weighted by molar-refractivity contribution is 5.95. The van der Waals surface area contributed by atoms with Crippen molar-refractivity contribution in [2.45, 2.75) is 32.7 Å². The number of aromatic carboxylic acids is 1. The third kappa shape index (κ3) is 5.17. The number of ether oxygens (including phenoxy) is 3. The van der Waals surface area contributed by atoms with Crippen LogP contribution in [0.5, 0.6) is 5.75 Å². The van der Waals surface area contributed by atoms with Crippen molar-refractivity contribution in [1.82, 2.24) is 4.57 Å². The summed E-state index contributed by atoms with van der Waals surface area (Å²) in [6.45, 7) is 8.59. The molecule has 0 aliphatic carbocycles. The number of hydrogen-bond acceptors (Lipinski definition) is 6. The van der Waals surface area contributed by atoms with Gasteiger partial charge in [-0.2, -0.15) is 0 Å². The van der Waals surface area contributed by atoms with Gasteiger partial charge in [-0.3, -0.25) is 4.79 Å². The Hall–Kier alpha value is -3.39. The molecule has 1 unspecified atom stereocenters. The molecule has 0 bridgehead atoms. The molecular weight excluding hydrogens is 426 g/mol. The number of carbonyl (C=O) groups is 2. The predicted molar refractivity (Wildman–Crippen MR) is 123 cm³/mol. The number of fused-ring (bicyclic) bond motifs is 3. The van der Waals surface area contributed by atoms with Gasteiger partial charge < -0.3 is 23.9 Å². The summed E-state index contributed by atoms with van der Waals surface area (Å²) >= 11 is 0. The summed E-state index contributed by atoms with van der Waals surface area (Å²) in [5, 5.41) is 9.44. The van der Waals surface area contributed by atoms with E-state index in [2.05, 4.69) is 6.58 Å². The molecular formula is C25H29NO7. The van der Waals surface area contributed by atoms with Crippen molar-refractivity contribution in [3.05, 3.63) is 64.0 Å². The molecule has 176 valence electrons. The van der Waals surface area contributed by atoms with E-state index in [1.165, 1.54) is 18.3 Å². The molecule has 1 atom stereocenters. The molecule has 8 nitrogen and oxygen atoms in total. The smallest absolute Gasteiger partial charge is 0.342 e. The van der Waals surface area contributed by atoms with Crippen LogP contribution in [0, 0.1) is 5.92 Å². The molecule has 0 saturated heterocycles. The largest absolute Gasteiger partial charge is 0.493 e. The number of benzene rings is 1. The summed E-state index contributed by atoms with van der Waals surface area (Å²) in [7, 11) is 1.61. The van der Waals surface area contributed by atoms with Crippen LogP contribution in [0.1, 0.15) is 52.6 Å². The lowest BCUT2D eigenvalue weighted by Crippen LogP contribution is -2.28. The van der Waals surface area contributed by atoms with Gasteiger partial charge in [0.2, 0.25) is 0 Å². The number of carboxylic acid groups (broad SMARTS) is 1. The molecule has 0 fully saturated rings. The van der Waals surface area contributed by atoms with E-state index in [0.717, 1.165) is 5.56 Å². The Morgan fingerprint density at radius 1 is 1.24 bits per heavy atom. The molecule has 0 saturated carbocycles. The number of esters is 1. The van der Waals surface area contributed by atoms with E-state index in [4.69, 9.17) is 14.2 Å². The average Bonchev–Trinajstić information content (AvgIpc) is 2.78. The van der Waals surface area contributed by atoms with E-state index in [-0.39, 0.29) is 29.7 Å². The lowest BCUT2D eigenvalue weighted by Gasteiger charge is -2.33. The van der Waals surface area contributed by atoms with Crippen LogP contribution in [0.25, 0.3) is 11.3 Å². The number of pyridine rings is 1. The fourth-order valence-corrected chi connectivity index (χ4v) is 3.99. The Balaban J connectivity index is 2.16.